The van der Waals surface area contributed by atoms with Crippen molar-refractivity contribution in [2.75, 3.05) is 19.8 Å². The third-order valence-electron chi connectivity index (χ3n) is 3.92. The Morgan fingerprint density at radius 1 is 1.57 bits per heavy atom. The normalized spacial score (nSPS) is 22.7. The molecule has 2 rings (SSSR count). The van der Waals surface area contributed by atoms with E-state index in [2.05, 4.69) is 0 Å². The molecule has 0 aliphatic carbocycles. The number of primary amides is 1. The van der Waals surface area contributed by atoms with Gasteiger partial charge in [-0.3, -0.25) is 9.69 Å². The minimum Gasteiger partial charge on any atom is -0.378 e. The Bertz CT molecular complexity index is 498. The van der Waals surface area contributed by atoms with E-state index in [1.54, 1.807) is 6.07 Å². The van der Waals surface area contributed by atoms with Crippen molar-refractivity contribution in [2.45, 2.75) is 31.5 Å². The maximum atomic E-state index is 13.5. The van der Waals surface area contributed by atoms with Gasteiger partial charge in [-0.15, -0.1) is 0 Å². The van der Waals surface area contributed by atoms with Gasteiger partial charge in [-0.05, 0) is 24.1 Å². The summed E-state index contributed by atoms with van der Waals surface area (Å²) < 4.78 is 18.9. The quantitative estimate of drug-likeness (QED) is 0.841. The molecule has 1 saturated heterocycles. The average molecular weight is 295 g/mol. The standard InChI is InChI=1S/C15H22FN3O2/c1-2-12(17)14(10-4-3-5-11(16)8-10)19-6-7-21-9-13(19)15(18)20/h3-5,8,12-14H,2,6-7,9,17H2,1H3,(H2,18,20). The third kappa shape index (κ3) is 3.58. The maximum absolute atomic E-state index is 13.5. The Morgan fingerprint density at radius 2 is 2.33 bits per heavy atom. The zero-order valence-corrected chi connectivity index (χ0v) is 12.2. The van der Waals surface area contributed by atoms with Crippen molar-refractivity contribution in [1.82, 2.24) is 4.90 Å². The van der Waals surface area contributed by atoms with Gasteiger partial charge in [0.25, 0.3) is 0 Å². The first-order valence-electron chi connectivity index (χ1n) is 7.18. The van der Waals surface area contributed by atoms with Crippen molar-refractivity contribution >= 4 is 5.91 Å². The minimum atomic E-state index is -0.537. The van der Waals surface area contributed by atoms with Crippen LogP contribution in [-0.4, -0.2) is 42.6 Å². The van der Waals surface area contributed by atoms with E-state index >= 15 is 0 Å². The third-order valence-corrected chi connectivity index (χ3v) is 3.92. The second-order valence-electron chi connectivity index (χ2n) is 5.30. The molecular formula is C15H22FN3O2. The second-order valence-corrected chi connectivity index (χ2v) is 5.30. The van der Waals surface area contributed by atoms with Crippen LogP contribution in [0.15, 0.2) is 24.3 Å². The van der Waals surface area contributed by atoms with Gasteiger partial charge in [-0.1, -0.05) is 19.1 Å². The molecule has 116 valence electrons. The van der Waals surface area contributed by atoms with E-state index in [9.17, 15) is 9.18 Å². The molecule has 0 aromatic heterocycles. The van der Waals surface area contributed by atoms with E-state index < -0.39 is 11.9 Å². The molecule has 3 unspecified atom stereocenters. The molecule has 1 heterocycles. The summed E-state index contributed by atoms with van der Waals surface area (Å²) in [5.74, 6) is -0.760. The molecule has 5 nitrogen and oxygen atoms in total. The molecule has 1 aromatic rings. The van der Waals surface area contributed by atoms with Crippen LogP contribution in [0.4, 0.5) is 4.39 Å². The maximum Gasteiger partial charge on any atom is 0.237 e. The summed E-state index contributed by atoms with van der Waals surface area (Å²) >= 11 is 0. The first-order valence-corrected chi connectivity index (χ1v) is 7.18. The lowest BCUT2D eigenvalue weighted by Gasteiger charge is -2.42. The van der Waals surface area contributed by atoms with E-state index in [-0.39, 0.29) is 24.5 Å². The smallest absolute Gasteiger partial charge is 0.237 e. The molecule has 0 spiro atoms. The van der Waals surface area contributed by atoms with E-state index in [1.807, 2.05) is 17.9 Å². The van der Waals surface area contributed by atoms with Crippen LogP contribution in [0.1, 0.15) is 24.9 Å². The van der Waals surface area contributed by atoms with E-state index in [0.717, 1.165) is 5.56 Å². The van der Waals surface area contributed by atoms with Gasteiger partial charge in [-0.2, -0.15) is 0 Å². The molecule has 0 bridgehead atoms. The van der Waals surface area contributed by atoms with Crippen molar-refractivity contribution in [3.8, 4) is 0 Å². The highest BCUT2D eigenvalue weighted by atomic mass is 19.1. The highest BCUT2D eigenvalue weighted by Crippen LogP contribution is 2.29. The number of morpholine rings is 1. The summed E-state index contributed by atoms with van der Waals surface area (Å²) in [6.45, 7) is 3.27. The van der Waals surface area contributed by atoms with Gasteiger partial charge in [0.05, 0.1) is 19.3 Å². The Kier molecular flexibility index (Phi) is 5.27. The molecule has 6 heteroatoms. The van der Waals surface area contributed by atoms with Crippen molar-refractivity contribution < 1.29 is 13.9 Å². The highest BCUT2D eigenvalue weighted by Gasteiger charge is 2.36. The number of amides is 1. The number of carbonyl (C=O) groups is 1. The van der Waals surface area contributed by atoms with Crippen molar-refractivity contribution in [3.05, 3.63) is 35.6 Å². The summed E-state index contributed by atoms with van der Waals surface area (Å²) in [4.78, 5) is 13.6. The monoisotopic (exact) mass is 295 g/mol. The number of nitrogens with zero attached hydrogens (tertiary/aromatic N) is 1. The predicted molar refractivity (Wildman–Crippen MR) is 77.9 cm³/mol. The average Bonchev–Trinajstić information content (AvgIpc) is 2.47. The van der Waals surface area contributed by atoms with Crippen LogP contribution in [0.3, 0.4) is 0 Å². The summed E-state index contributed by atoms with van der Waals surface area (Å²) in [6, 6.07) is 5.33. The Morgan fingerprint density at radius 3 is 2.95 bits per heavy atom. The van der Waals surface area contributed by atoms with E-state index in [4.69, 9.17) is 16.2 Å². The van der Waals surface area contributed by atoms with Gasteiger partial charge in [0.2, 0.25) is 5.91 Å². The van der Waals surface area contributed by atoms with Crippen LogP contribution in [0.2, 0.25) is 0 Å². The summed E-state index contributed by atoms with van der Waals surface area (Å²) in [5.41, 5.74) is 12.5. The summed E-state index contributed by atoms with van der Waals surface area (Å²) in [6.07, 6.45) is 0.712. The van der Waals surface area contributed by atoms with Gasteiger partial charge in [0, 0.05) is 12.6 Å². The Balaban J connectivity index is 2.36. The van der Waals surface area contributed by atoms with Crippen LogP contribution < -0.4 is 11.5 Å². The second kappa shape index (κ2) is 6.98. The molecule has 0 saturated carbocycles. The number of ether oxygens (including phenoxy) is 1. The van der Waals surface area contributed by atoms with Gasteiger partial charge >= 0.3 is 0 Å². The number of halogens is 1. The molecule has 4 N–H and O–H groups in total. The number of hydrogen-bond acceptors (Lipinski definition) is 4. The van der Waals surface area contributed by atoms with Crippen LogP contribution in [0.25, 0.3) is 0 Å². The number of carbonyl (C=O) groups excluding carboxylic acids is 1. The van der Waals surface area contributed by atoms with E-state index in [0.29, 0.717) is 19.6 Å². The topological polar surface area (TPSA) is 81.6 Å². The van der Waals surface area contributed by atoms with Crippen molar-refractivity contribution in [1.29, 1.82) is 0 Å². The van der Waals surface area contributed by atoms with Crippen LogP contribution in [-0.2, 0) is 9.53 Å². The molecule has 1 aromatic carbocycles. The van der Waals surface area contributed by atoms with Gasteiger partial charge in [-0.25, -0.2) is 4.39 Å². The lowest BCUT2D eigenvalue weighted by Crippen LogP contribution is -2.56. The number of benzene rings is 1. The Labute approximate surface area is 124 Å². The lowest BCUT2D eigenvalue weighted by molar-refractivity contribution is -0.132. The minimum absolute atomic E-state index is 0.216. The summed E-state index contributed by atoms with van der Waals surface area (Å²) in [5, 5.41) is 0. The van der Waals surface area contributed by atoms with Crippen molar-refractivity contribution in [3.63, 3.8) is 0 Å². The van der Waals surface area contributed by atoms with Gasteiger partial charge < -0.3 is 16.2 Å². The number of rotatable bonds is 5. The molecular weight excluding hydrogens is 273 g/mol. The van der Waals surface area contributed by atoms with Crippen LogP contribution in [0, 0.1) is 5.82 Å². The molecule has 21 heavy (non-hydrogen) atoms. The fourth-order valence-corrected chi connectivity index (χ4v) is 2.79. The zero-order chi connectivity index (χ0) is 15.4. The molecule has 1 fully saturated rings. The molecule has 1 aliphatic rings. The number of hydrogen-bond donors (Lipinski definition) is 2. The zero-order valence-electron chi connectivity index (χ0n) is 12.2. The first kappa shape index (κ1) is 15.9. The molecule has 0 radical (unpaired) electrons. The largest absolute Gasteiger partial charge is 0.378 e. The lowest BCUT2D eigenvalue weighted by atomic mass is 9.94. The van der Waals surface area contributed by atoms with Crippen LogP contribution in [0.5, 0.6) is 0 Å². The van der Waals surface area contributed by atoms with Gasteiger partial charge in [0.1, 0.15) is 11.9 Å². The first-order chi connectivity index (χ1) is 10.0. The predicted octanol–water partition coefficient (Wildman–Crippen LogP) is 0.790. The number of nitrogens with two attached hydrogens (primary N) is 2. The fraction of sp³-hybridized carbons (Fsp3) is 0.533. The molecule has 1 amide bonds. The SMILES string of the molecule is CCC(N)C(c1cccc(F)c1)N1CCOCC1C(N)=O. The molecule has 3 atom stereocenters. The molecule has 1 aliphatic heterocycles. The highest BCUT2D eigenvalue weighted by molar-refractivity contribution is 5.80. The van der Waals surface area contributed by atoms with Crippen LogP contribution >= 0.6 is 0 Å². The van der Waals surface area contributed by atoms with Gasteiger partial charge in [0.15, 0.2) is 0 Å². The van der Waals surface area contributed by atoms with E-state index in [1.165, 1.54) is 12.1 Å². The Hall–Kier alpha value is -1.50. The fourth-order valence-electron chi connectivity index (χ4n) is 2.79. The van der Waals surface area contributed by atoms with Crippen molar-refractivity contribution in [2.24, 2.45) is 11.5 Å². The summed E-state index contributed by atoms with van der Waals surface area (Å²) in [7, 11) is 0.